The van der Waals surface area contributed by atoms with Crippen molar-refractivity contribution in [2.24, 2.45) is 5.73 Å². The third-order valence-corrected chi connectivity index (χ3v) is 7.75. The minimum atomic E-state index is -1.02. The van der Waals surface area contributed by atoms with Gasteiger partial charge in [-0.1, -0.05) is 116 Å². The van der Waals surface area contributed by atoms with E-state index in [4.69, 9.17) is 10.5 Å². The monoisotopic (exact) mass is 606 g/mol. The minimum absolute atomic E-state index is 0.108. The Balaban J connectivity index is 4.45. The molecule has 0 aliphatic heterocycles. The zero-order chi connectivity index (χ0) is 31.8. The number of nitrogens with two attached hydrogens (primary N) is 1. The number of ether oxygens (including phenoxy) is 1. The number of aliphatic carboxylic acids is 1. The largest absolute Gasteiger partial charge is 0.480 e. The molecule has 7 nitrogen and oxygen atoms in total. The van der Waals surface area contributed by atoms with E-state index in [1.807, 2.05) is 6.08 Å². The molecule has 0 radical (unpaired) electrons. The van der Waals surface area contributed by atoms with Crippen molar-refractivity contribution in [3.63, 3.8) is 0 Å². The highest BCUT2D eigenvalue weighted by Crippen LogP contribution is 2.15. The second kappa shape index (κ2) is 31.3. The number of rotatable bonds is 31. The summed E-state index contributed by atoms with van der Waals surface area (Å²) in [6, 6.07) is -0.871. The molecule has 0 aromatic heterocycles. The molecular weight excluding hydrogens is 540 g/mol. The molecule has 4 N–H and O–H groups in total. The normalized spacial score (nSPS) is 13.0. The SMILES string of the molecule is CCCCCC/C=C\C/C=C\C(CCCCCCC(=O)NC(CCCN)C(=O)O)OC(=O)CCCCCCCCCCC. The summed E-state index contributed by atoms with van der Waals surface area (Å²) < 4.78 is 5.86. The Bertz CT molecular complexity index is 737. The van der Waals surface area contributed by atoms with E-state index in [9.17, 15) is 19.5 Å². The number of unbranched alkanes of at least 4 members (excludes halogenated alkanes) is 15. The molecule has 0 aliphatic carbocycles. The lowest BCUT2D eigenvalue weighted by Crippen LogP contribution is -2.40. The Morgan fingerprint density at radius 3 is 1.91 bits per heavy atom. The molecule has 2 unspecified atom stereocenters. The van der Waals surface area contributed by atoms with Crippen LogP contribution in [0, 0.1) is 0 Å². The first-order chi connectivity index (χ1) is 20.9. The standard InChI is InChI=1S/C36H66N2O5/c1-3-5-7-9-11-13-15-17-21-26-32(43-35(40)30-24-18-16-14-12-10-8-6-4-2)27-22-19-20-23-29-34(39)38-33(36(41)42)28-25-31-37/h13,15,21,26,32-33H,3-12,14,16-20,22-25,27-31,37H2,1-2H3,(H,38,39)(H,41,42)/b15-13-,26-21-. The molecule has 0 rings (SSSR count). The van der Waals surface area contributed by atoms with E-state index in [1.54, 1.807) is 0 Å². The minimum Gasteiger partial charge on any atom is -0.480 e. The first kappa shape index (κ1) is 40.9. The van der Waals surface area contributed by atoms with Crippen molar-refractivity contribution in [1.29, 1.82) is 0 Å². The third-order valence-electron chi connectivity index (χ3n) is 7.75. The van der Waals surface area contributed by atoms with Crippen molar-refractivity contribution < 1.29 is 24.2 Å². The van der Waals surface area contributed by atoms with Crippen LogP contribution < -0.4 is 11.1 Å². The van der Waals surface area contributed by atoms with Gasteiger partial charge in [-0.3, -0.25) is 9.59 Å². The van der Waals surface area contributed by atoms with Gasteiger partial charge in [0.25, 0.3) is 0 Å². The second-order valence-electron chi connectivity index (χ2n) is 11.9. The van der Waals surface area contributed by atoms with Crippen LogP contribution in [-0.2, 0) is 19.1 Å². The number of carboxylic acid groups (broad SMARTS) is 1. The van der Waals surface area contributed by atoms with Gasteiger partial charge in [-0.2, -0.15) is 0 Å². The second-order valence-corrected chi connectivity index (χ2v) is 11.9. The molecule has 0 fully saturated rings. The number of amides is 1. The smallest absolute Gasteiger partial charge is 0.326 e. The van der Waals surface area contributed by atoms with E-state index >= 15 is 0 Å². The van der Waals surface area contributed by atoms with Crippen LogP contribution in [0.15, 0.2) is 24.3 Å². The molecule has 250 valence electrons. The van der Waals surface area contributed by atoms with Gasteiger partial charge in [-0.05, 0) is 70.4 Å². The van der Waals surface area contributed by atoms with Crippen LogP contribution in [-0.4, -0.2) is 41.6 Å². The van der Waals surface area contributed by atoms with E-state index < -0.39 is 12.0 Å². The van der Waals surface area contributed by atoms with Crippen LogP contribution in [0.4, 0.5) is 0 Å². The number of carbonyl (C=O) groups excluding carboxylic acids is 2. The van der Waals surface area contributed by atoms with E-state index in [2.05, 4.69) is 37.4 Å². The molecule has 1 amide bonds. The third kappa shape index (κ3) is 28.4. The number of nitrogens with one attached hydrogen (secondary N) is 1. The lowest BCUT2D eigenvalue weighted by molar-refractivity contribution is -0.147. The molecule has 0 heterocycles. The zero-order valence-electron chi connectivity index (χ0n) is 27.8. The molecule has 0 bridgehead atoms. The summed E-state index contributed by atoms with van der Waals surface area (Å²) in [6.45, 7) is 4.87. The van der Waals surface area contributed by atoms with Crippen molar-refractivity contribution in [1.82, 2.24) is 5.32 Å². The van der Waals surface area contributed by atoms with Gasteiger partial charge >= 0.3 is 11.9 Å². The maximum Gasteiger partial charge on any atom is 0.326 e. The maximum atomic E-state index is 12.6. The lowest BCUT2D eigenvalue weighted by atomic mass is 10.1. The molecule has 0 aliphatic rings. The number of carbonyl (C=O) groups is 3. The Labute approximate surface area is 263 Å². The van der Waals surface area contributed by atoms with Gasteiger partial charge in [0.1, 0.15) is 12.1 Å². The van der Waals surface area contributed by atoms with Gasteiger partial charge in [-0.15, -0.1) is 0 Å². The average molecular weight is 607 g/mol. The number of carboxylic acids is 1. The Morgan fingerprint density at radius 2 is 1.28 bits per heavy atom. The highest BCUT2D eigenvalue weighted by molar-refractivity contribution is 5.83. The quantitative estimate of drug-likeness (QED) is 0.0412. The molecule has 7 heteroatoms. The summed E-state index contributed by atoms with van der Waals surface area (Å²) in [5.41, 5.74) is 5.46. The predicted molar refractivity (Wildman–Crippen MR) is 179 cm³/mol. The van der Waals surface area contributed by atoms with E-state index in [0.29, 0.717) is 38.6 Å². The molecule has 0 saturated carbocycles. The summed E-state index contributed by atoms with van der Waals surface area (Å²) in [6.07, 6.45) is 32.3. The van der Waals surface area contributed by atoms with E-state index in [0.717, 1.165) is 51.4 Å². The summed E-state index contributed by atoms with van der Waals surface area (Å²) >= 11 is 0. The number of esters is 1. The number of hydrogen-bond donors (Lipinski definition) is 3. The molecule has 0 saturated heterocycles. The molecule has 2 atom stereocenters. The van der Waals surface area contributed by atoms with Gasteiger partial charge in [-0.25, -0.2) is 4.79 Å². The summed E-state index contributed by atoms with van der Waals surface area (Å²) in [7, 11) is 0. The van der Waals surface area contributed by atoms with Gasteiger partial charge in [0.2, 0.25) is 5.91 Å². The van der Waals surface area contributed by atoms with Crippen LogP contribution in [0.3, 0.4) is 0 Å². The predicted octanol–water partition coefficient (Wildman–Crippen LogP) is 8.94. The first-order valence-electron chi connectivity index (χ1n) is 17.7. The molecule has 0 aromatic carbocycles. The number of hydrogen-bond acceptors (Lipinski definition) is 5. The Morgan fingerprint density at radius 1 is 0.698 bits per heavy atom. The van der Waals surface area contributed by atoms with Crippen LogP contribution in [0.5, 0.6) is 0 Å². The van der Waals surface area contributed by atoms with Crippen molar-refractivity contribution in [2.45, 2.75) is 180 Å². The van der Waals surface area contributed by atoms with Crippen LogP contribution >= 0.6 is 0 Å². The summed E-state index contributed by atoms with van der Waals surface area (Å²) in [4.78, 5) is 36.0. The van der Waals surface area contributed by atoms with Crippen molar-refractivity contribution in [3.05, 3.63) is 24.3 Å². The molecular formula is C36H66N2O5. The summed E-state index contributed by atoms with van der Waals surface area (Å²) in [5.74, 6) is -1.35. The van der Waals surface area contributed by atoms with E-state index in [-0.39, 0.29) is 18.0 Å². The Hall–Kier alpha value is -2.15. The highest BCUT2D eigenvalue weighted by atomic mass is 16.5. The molecule has 43 heavy (non-hydrogen) atoms. The molecule has 0 spiro atoms. The summed E-state index contributed by atoms with van der Waals surface area (Å²) in [5, 5.41) is 11.9. The van der Waals surface area contributed by atoms with Crippen LogP contribution in [0.1, 0.15) is 168 Å². The average Bonchev–Trinajstić information content (AvgIpc) is 2.98. The van der Waals surface area contributed by atoms with Gasteiger partial charge in [0.15, 0.2) is 0 Å². The van der Waals surface area contributed by atoms with Crippen molar-refractivity contribution in [3.8, 4) is 0 Å². The Kier molecular flexibility index (Phi) is 29.7. The topological polar surface area (TPSA) is 119 Å². The van der Waals surface area contributed by atoms with Gasteiger partial charge in [0.05, 0.1) is 0 Å². The highest BCUT2D eigenvalue weighted by Gasteiger charge is 2.18. The fraction of sp³-hybridized carbons (Fsp3) is 0.806. The molecule has 0 aromatic rings. The zero-order valence-corrected chi connectivity index (χ0v) is 27.8. The maximum absolute atomic E-state index is 12.6. The number of allylic oxidation sites excluding steroid dienone is 3. The van der Waals surface area contributed by atoms with Crippen molar-refractivity contribution >= 4 is 17.8 Å². The first-order valence-corrected chi connectivity index (χ1v) is 17.7. The fourth-order valence-electron chi connectivity index (χ4n) is 5.04. The fourth-order valence-corrected chi connectivity index (χ4v) is 5.04. The van der Waals surface area contributed by atoms with E-state index in [1.165, 1.54) is 70.6 Å². The van der Waals surface area contributed by atoms with Crippen LogP contribution in [0.25, 0.3) is 0 Å². The van der Waals surface area contributed by atoms with Gasteiger partial charge < -0.3 is 20.9 Å². The van der Waals surface area contributed by atoms with Crippen LogP contribution in [0.2, 0.25) is 0 Å². The lowest BCUT2D eigenvalue weighted by Gasteiger charge is -2.15. The van der Waals surface area contributed by atoms with Crippen molar-refractivity contribution in [2.75, 3.05) is 6.54 Å². The van der Waals surface area contributed by atoms with Gasteiger partial charge in [0, 0.05) is 12.8 Å².